The molecular weight excluding hydrogens is 642 g/mol. The van der Waals surface area contributed by atoms with Crippen molar-refractivity contribution in [2.45, 2.75) is 200 Å². The fraction of sp³-hybridized carbons (Fsp3) is 0.929. The second-order valence-electron chi connectivity index (χ2n) is 16.6. The van der Waals surface area contributed by atoms with E-state index >= 15 is 0 Å². The van der Waals surface area contributed by atoms with Crippen LogP contribution >= 0.6 is 0 Å². The van der Waals surface area contributed by atoms with E-state index < -0.39 is 53.3 Å². The number of aliphatic hydroxyl groups excluding tert-OH is 2. The average molecular weight is 722 g/mol. The Labute approximate surface area is 311 Å². The van der Waals surface area contributed by atoms with Crippen LogP contribution in [0, 0.1) is 16.2 Å². The Morgan fingerprint density at radius 2 is 1.02 bits per heavy atom. The van der Waals surface area contributed by atoms with Crippen molar-refractivity contribution in [1.29, 1.82) is 0 Å². The van der Waals surface area contributed by atoms with Crippen molar-refractivity contribution in [3.05, 3.63) is 0 Å². The molecule has 1 aliphatic carbocycles. The van der Waals surface area contributed by atoms with Crippen LogP contribution in [-0.4, -0.2) is 71.8 Å². The SMILES string of the molecule is CCCCCCCCCCCCN(CCCCCCCCCCCC)CCCCCCC1OC(=O)C2(CO)CC(CO)(C(N)=O)CC1(C(N)=O)C2. The predicted molar refractivity (Wildman–Crippen MR) is 207 cm³/mol. The second kappa shape index (κ2) is 25.3. The number of carbonyl (C=O) groups excluding carboxylic acids is 3. The monoisotopic (exact) mass is 722 g/mol. The first-order chi connectivity index (χ1) is 24.6. The molecule has 1 saturated carbocycles. The largest absolute Gasteiger partial charge is 0.461 e. The average Bonchev–Trinajstić information content (AvgIpc) is 3.12. The molecule has 0 radical (unpaired) electrons. The molecular formula is C42H79N3O6. The van der Waals surface area contributed by atoms with Crippen LogP contribution < -0.4 is 11.5 Å². The first-order valence-corrected chi connectivity index (χ1v) is 21.4. The highest BCUT2D eigenvalue weighted by Crippen LogP contribution is 2.60. The van der Waals surface area contributed by atoms with E-state index in [-0.39, 0.29) is 19.3 Å². The van der Waals surface area contributed by atoms with E-state index in [0.717, 1.165) is 32.2 Å². The van der Waals surface area contributed by atoms with Gasteiger partial charge in [-0.2, -0.15) is 0 Å². The highest BCUT2D eigenvalue weighted by Gasteiger charge is 2.68. The Morgan fingerprint density at radius 1 is 0.608 bits per heavy atom. The summed E-state index contributed by atoms with van der Waals surface area (Å²) in [5.41, 5.74) is 7.34. The van der Waals surface area contributed by atoms with Crippen LogP contribution in [0.4, 0.5) is 0 Å². The van der Waals surface area contributed by atoms with Gasteiger partial charge in [-0.15, -0.1) is 0 Å². The smallest absolute Gasteiger partial charge is 0.314 e. The third-order valence-electron chi connectivity index (χ3n) is 12.2. The van der Waals surface area contributed by atoms with Gasteiger partial charge in [-0.3, -0.25) is 14.4 Å². The molecule has 4 unspecified atom stereocenters. The Hall–Kier alpha value is -1.71. The molecule has 0 aromatic carbocycles. The molecule has 2 fully saturated rings. The molecule has 6 N–H and O–H groups in total. The minimum atomic E-state index is -1.51. The molecule has 4 atom stereocenters. The number of carbonyl (C=O) groups is 3. The zero-order valence-corrected chi connectivity index (χ0v) is 33.0. The minimum Gasteiger partial charge on any atom is -0.461 e. The van der Waals surface area contributed by atoms with Crippen molar-refractivity contribution >= 4 is 17.8 Å². The molecule has 0 aromatic rings. The Bertz CT molecular complexity index is 952. The molecule has 51 heavy (non-hydrogen) atoms. The highest BCUT2D eigenvalue weighted by molar-refractivity contribution is 5.91. The summed E-state index contributed by atoms with van der Waals surface area (Å²) in [4.78, 5) is 41.5. The van der Waals surface area contributed by atoms with Crippen LogP contribution in [0.5, 0.6) is 0 Å². The first-order valence-electron chi connectivity index (χ1n) is 21.4. The molecule has 2 bridgehead atoms. The number of aliphatic hydroxyl groups is 2. The number of hydrogen-bond acceptors (Lipinski definition) is 7. The van der Waals surface area contributed by atoms with Crippen LogP contribution in [-0.2, 0) is 19.1 Å². The lowest BCUT2D eigenvalue weighted by molar-refractivity contribution is -0.218. The molecule has 1 saturated heterocycles. The molecule has 2 rings (SSSR count). The van der Waals surface area contributed by atoms with E-state index in [4.69, 9.17) is 16.2 Å². The van der Waals surface area contributed by atoms with E-state index in [1.165, 1.54) is 142 Å². The van der Waals surface area contributed by atoms with Gasteiger partial charge < -0.3 is 31.3 Å². The number of unbranched alkanes of at least 4 members (excludes halogenated alkanes) is 21. The topological polar surface area (TPSA) is 156 Å². The number of esters is 1. The Kier molecular flexibility index (Phi) is 22.6. The number of rotatable bonds is 33. The summed E-state index contributed by atoms with van der Waals surface area (Å²) in [6, 6.07) is 0. The standard InChI is InChI=1S/C42H79N3O6/c1-3-5-7-9-11-13-15-17-20-24-28-45(29-25-21-18-16-14-12-10-8-6-4-2)30-26-22-19-23-27-36-42(38(44)49)32-40(34-46,37(43)48)31-41(33-42,35-47)39(50)51-36/h36,46-47H,3-35H2,1-2H3,(H2,43,48)(H2,44,49). The van der Waals surface area contributed by atoms with Crippen LogP contribution in [0.25, 0.3) is 0 Å². The summed E-state index contributed by atoms with van der Waals surface area (Å²) in [5.74, 6) is -2.10. The summed E-state index contributed by atoms with van der Waals surface area (Å²) >= 11 is 0. The van der Waals surface area contributed by atoms with Crippen molar-refractivity contribution in [1.82, 2.24) is 4.90 Å². The normalized spacial score (nSPS) is 24.6. The Morgan fingerprint density at radius 3 is 1.39 bits per heavy atom. The Balaban J connectivity index is 1.81. The number of ether oxygens (including phenoxy) is 1. The number of nitrogens with zero attached hydrogens (tertiary/aromatic N) is 1. The summed E-state index contributed by atoms with van der Waals surface area (Å²) in [7, 11) is 0. The van der Waals surface area contributed by atoms with E-state index in [0.29, 0.717) is 6.42 Å². The summed E-state index contributed by atoms with van der Waals surface area (Å²) < 4.78 is 5.84. The fourth-order valence-corrected chi connectivity index (χ4v) is 8.99. The van der Waals surface area contributed by atoms with Crippen molar-refractivity contribution < 1.29 is 29.3 Å². The van der Waals surface area contributed by atoms with Gasteiger partial charge in [-0.1, -0.05) is 142 Å². The number of nitrogens with two attached hydrogens (primary N) is 2. The molecule has 9 heteroatoms. The van der Waals surface area contributed by atoms with Gasteiger partial charge in [0.15, 0.2) is 0 Å². The lowest BCUT2D eigenvalue weighted by Gasteiger charge is -2.57. The van der Waals surface area contributed by atoms with Gasteiger partial charge in [0.1, 0.15) is 6.10 Å². The molecule has 2 aliphatic rings. The molecule has 0 spiro atoms. The van der Waals surface area contributed by atoms with Crippen LogP contribution in [0.1, 0.15) is 194 Å². The predicted octanol–water partition coefficient (Wildman–Crippen LogP) is 8.10. The zero-order chi connectivity index (χ0) is 37.4. The van der Waals surface area contributed by atoms with E-state index in [2.05, 4.69) is 18.7 Å². The van der Waals surface area contributed by atoms with Crippen LogP contribution in [0.15, 0.2) is 0 Å². The second-order valence-corrected chi connectivity index (χ2v) is 16.6. The quantitative estimate of drug-likeness (QED) is 0.0394. The van der Waals surface area contributed by atoms with Gasteiger partial charge in [0, 0.05) is 0 Å². The number of hydrogen-bond donors (Lipinski definition) is 4. The first kappa shape index (κ1) is 45.4. The molecule has 298 valence electrons. The lowest BCUT2D eigenvalue weighted by atomic mass is 9.49. The number of amides is 2. The number of primary amides is 2. The lowest BCUT2D eigenvalue weighted by Crippen LogP contribution is -2.67. The maximum absolute atomic E-state index is 13.2. The van der Waals surface area contributed by atoms with E-state index in [1.54, 1.807) is 0 Å². The highest BCUT2D eigenvalue weighted by atomic mass is 16.5. The van der Waals surface area contributed by atoms with E-state index in [1.807, 2.05) is 0 Å². The van der Waals surface area contributed by atoms with Crippen molar-refractivity contribution in [3.63, 3.8) is 0 Å². The number of fused-ring (bicyclic) bond motifs is 2. The molecule has 1 aliphatic heterocycles. The fourth-order valence-electron chi connectivity index (χ4n) is 8.99. The van der Waals surface area contributed by atoms with Crippen molar-refractivity contribution in [2.24, 2.45) is 27.7 Å². The van der Waals surface area contributed by atoms with Gasteiger partial charge in [0.2, 0.25) is 11.8 Å². The maximum Gasteiger partial charge on any atom is 0.314 e. The van der Waals surface area contributed by atoms with Crippen molar-refractivity contribution in [2.75, 3.05) is 32.8 Å². The summed E-state index contributed by atoms with van der Waals surface area (Å²) in [5, 5.41) is 20.5. The zero-order valence-electron chi connectivity index (χ0n) is 33.0. The third kappa shape index (κ3) is 14.9. The van der Waals surface area contributed by atoms with Crippen LogP contribution in [0.2, 0.25) is 0 Å². The van der Waals surface area contributed by atoms with Gasteiger partial charge >= 0.3 is 5.97 Å². The molecule has 2 amide bonds. The van der Waals surface area contributed by atoms with Gasteiger partial charge in [0.05, 0.1) is 29.5 Å². The van der Waals surface area contributed by atoms with E-state index in [9.17, 15) is 24.6 Å². The molecule has 9 nitrogen and oxygen atoms in total. The van der Waals surface area contributed by atoms with Gasteiger partial charge in [-0.05, 0) is 71.0 Å². The van der Waals surface area contributed by atoms with Crippen molar-refractivity contribution in [3.8, 4) is 0 Å². The van der Waals surface area contributed by atoms with Gasteiger partial charge in [0.25, 0.3) is 0 Å². The van der Waals surface area contributed by atoms with Gasteiger partial charge in [-0.25, -0.2) is 0 Å². The third-order valence-corrected chi connectivity index (χ3v) is 12.2. The number of cyclic esters (lactones) is 1. The van der Waals surface area contributed by atoms with Crippen LogP contribution in [0.3, 0.4) is 0 Å². The molecule has 0 aromatic heterocycles. The summed E-state index contributed by atoms with van der Waals surface area (Å²) in [6.07, 6.45) is 30.3. The minimum absolute atomic E-state index is 0.0112. The summed E-state index contributed by atoms with van der Waals surface area (Å²) in [6.45, 7) is 6.77. The molecule has 1 heterocycles. The maximum atomic E-state index is 13.2.